The normalized spacial score (nSPS) is 13.4. The molecule has 0 saturated heterocycles. The van der Waals surface area contributed by atoms with Crippen molar-refractivity contribution in [1.29, 1.82) is 0 Å². The molecule has 0 saturated carbocycles. The van der Waals surface area contributed by atoms with Crippen molar-refractivity contribution in [2.75, 3.05) is 6.61 Å². The fraction of sp³-hybridized carbons (Fsp3) is 0.941. The molecule has 0 aromatic heterocycles. The molecular weight excluding hydrogens is 252 g/mol. The lowest BCUT2D eigenvalue weighted by atomic mass is 9.52. The highest BCUT2D eigenvalue weighted by Crippen LogP contribution is 2.55. The van der Waals surface area contributed by atoms with Crippen LogP contribution in [0.1, 0.15) is 81.1 Å². The molecule has 0 amide bonds. The van der Waals surface area contributed by atoms with E-state index >= 15 is 0 Å². The van der Waals surface area contributed by atoms with Crippen LogP contribution >= 0.6 is 0 Å². The molecule has 0 radical (unpaired) electrons. The van der Waals surface area contributed by atoms with Gasteiger partial charge in [-0.1, -0.05) is 68.2 Å². The van der Waals surface area contributed by atoms with Gasteiger partial charge in [-0.3, -0.25) is 4.89 Å². The van der Waals surface area contributed by atoms with E-state index < -0.39 is 5.41 Å². The number of hydrogen-bond acceptors (Lipinski definition) is 3. The summed E-state index contributed by atoms with van der Waals surface area (Å²) < 4.78 is 0. The van der Waals surface area contributed by atoms with Crippen molar-refractivity contribution in [3.05, 3.63) is 0 Å². The van der Waals surface area contributed by atoms with Crippen molar-refractivity contribution in [2.45, 2.75) is 81.1 Å². The molecule has 20 heavy (non-hydrogen) atoms. The lowest BCUT2D eigenvalue weighted by molar-refractivity contribution is -0.291. The Bertz CT molecular complexity index is 280. The number of carbonyl (C=O) groups excluding carboxylic acids is 1. The van der Waals surface area contributed by atoms with E-state index in [9.17, 15) is 4.79 Å². The zero-order valence-electron chi connectivity index (χ0n) is 14.8. The van der Waals surface area contributed by atoms with Gasteiger partial charge in [-0.05, 0) is 23.7 Å². The maximum absolute atomic E-state index is 12.8. The Kier molecular flexibility index (Phi) is 7.23. The maximum atomic E-state index is 12.8. The molecule has 0 spiro atoms. The van der Waals surface area contributed by atoms with Crippen LogP contribution < -0.4 is 0 Å². The molecule has 0 aromatic carbocycles. The van der Waals surface area contributed by atoms with Gasteiger partial charge in [-0.2, -0.15) is 4.89 Å². The predicted molar refractivity (Wildman–Crippen MR) is 83.2 cm³/mol. The number of carbonyl (C=O) groups is 1. The zero-order chi connectivity index (χ0) is 16.0. The maximum Gasteiger partial charge on any atom is 0.349 e. The van der Waals surface area contributed by atoms with Gasteiger partial charge >= 0.3 is 5.97 Å². The van der Waals surface area contributed by atoms with E-state index in [1.807, 2.05) is 0 Å². The predicted octanol–water partition coefficient (Wildman–Crippen LogP) is 5.14. The molecule has 0 heterocycles. The van der Waals surface area contributed by atoms with E-state index in [2.05, 4.69) is 55.4 Å². The van der Waals surface area contributed by atoms with Gasteiger partial charge in [0.05, 0.1) is 12.0 Å². The van der Waals surface area contributed by atoms with Crippen molar-refractivity contribution >= 4 is 5.97 Å². The molecule has 0 aromatic rings. The number of rotatable bonds is 7. The van der Waals surface area contributed by atoms with Gasteiger partial charge in [-0.15, -0.1) is 0 Å². The molecule has 0 atom stereocenters. The lowest BCUT2D eigenvalue weighted by Gasteiger charge is -2.50. The van der Waals surface area contributed by atoms with Crippen LogP contribution in [0.25, 0.3) is 0 Å². The highest BCUT2D eigenvalue weighted by molar-refractivity contribution is 5.78. The second-order valence-corrected chi connectivity index (χ2v) is 7.70. The minimum Gasteiger partial charge on any atom is -0.298 e. The first-order valence-electron chi connectivity index (χ1n) is 7.88. The Hall–Kier alpha value is -0.570. The second-order valence-electron chi connectivity index (χ2n) is 7.70. The first-order valence-corrected chi connectivity index (χ1v) is 7.88. The molecular formula is C17H34O3. The van der Waals surface area contributed by atoms with E-state index in [1.165, 1.54) is 0 Å². The first-order chi connectivity index (χ1) is 9.04. The summed E-state index contributed by atoms with van der Waals surface area (Å²) in [5, 5.41) is 0. The Morgan fingerprint density at radius 3 is 1.75 bits per heavy atom. The van der Waals surface area contributed by atoms with Gasteiger partial charge in [0.1, 0.15) is 0 Å². The van der Waals surface area contributed by atoms with Crippen LogP contribution in [0.15, 0.2) is 0 Å². The first kappa shape index (κ1) is 19.4. The van der Waals surface area contributed by atoms with Crippen LogP contribution in [0, 0.1) is 16.2 Å². The summed E-state index contributed by atoms with van der Waals surface area (Å²) in [4.78, 5) is 23.1. The van der Waals surface area contributed by atoms with Crippen LogP contribution in [0.2, 0.25) is 0 Å². The second kappa shape index (κ2) is 7.44. The van der Waals surface area contributed by atoms with E-state index in [-0.39, 0.29) is 16.8 Å². The van der Waals surface area contributed by atoms with Gasteiger partial charge in [0.2, 0.25) is 0 Å². The molecule has 0 aliphatic rings. The van der Waals surface area contributed by atoms with Crippen molar-refractivity contribution < 1.29 is 14.6 Å². The zero-order valence-corrected chi connectivity index (χ0v) is 14.8. The van der Waals surface area contributed by atoms with Crippen LogP contribution in [-0.2, 0) is 14.6 Å². The summed E-state index contributed by atoms with van der Waals surface area (Å²) in [5.74, 6) is -0.226. The molecule has 3 heteroatoms. The van der Waals surface area contributed by atoms with Gasteiger partial charge < -0.3 is 0 Å². The summed E-state index contributed by atoms with van der Waals surface area (Å²) in [6, 6.07) is 0. The van der Waals surface area contributed by atoms with E-state index in [4.69, 9.17) is 9.78 Å². The number of unbranched alkanes of at least 4 members (excludes halogenated alkanes) is 1. The minimum absolute atomic E-state index is 0.188. The minimum atomic E-state index is -0.555. The van der Waals surface area contributed by atoms with Gasteiger partial charge in [-0.25, -0.2) is 4.79 Å². The average Bonchev–Trinajstić information content (AvgIpc) is 2.28. The third-order valence-electron chi connectivity index (χ3n) is 4.25. The average molecular weight is 286 g/mol. The molecule has 3 nitrogen and oxygen atoms in total. The summed E-state index contributed by atoms with van der Waals surface area (Å²) in [5.41, 5.74) is -0.931. The van der Waals surface area contributed by atoms with E-state index in [0.717, 1.165) is 25.7 Å². The lowest BCUT2D eigenvalue weighted by Crippen LogP contribution is -2.53. The van der Waals surface area contributed by atoms with Gasteiger partial charge in [0, 0.05) is 0 Å². The smallest absolute Gasteiger partial charge is 0.298 e. The summed E-state index contributed by atoms with van der Waals surface area (Å²) in [6.07, 6.45) is 3.67. The van der Waals surface area contributed by atoms with Crippen LogP contribution in [-0.4, -0.2) is 12.6 Å². The molecule has 0 aliphatic heterocycles. The highest BCUT2D eigenvalue weighted by Gasteiger charge is 2.57. The quantitative estimate of drug-likeness (QED) is 0.369. The van der Waals surface area contributed by atoms with Gasteiger partial charge in [0.25, 0.3) is 0 Å². The topological polar surface area (TPSA) is 35.5 Å². The molecule has 120 valence electrons. The Morgan fingerprint density at radius 2 is 1.40 bits per heavy atom. The van der Waals surface area contributed by atoms with Crippen molar-refractivity contribution in [2.24, 2.45) is 16.2 Å². The van der Waals surface area contributed by atoms with Crippen LogP contribution in [0.3, 0.4) is 0 Å². The van der Waals surface area contributed by atoms with E-state index in [0.29, 0.717) is 6.61 Å². The monoisotopic (exact) mass is 286 g/mol. The Morgan fingerprint density at radius 1 is 0.900 bits per heavy atom. The molecule has 0 N–H and O–H groups in total. The standard InChI is InChI=1S/C17H34O3/c1-9-11-13-19-20-14(18)17(12-10-2,15(3,4)5)16(6,7)8/h9-13H2,1-8H3. The molecule has 0 aliphatic carbocycles. The van der Waals surface area contributed by atoms with Crippen molar-refractivity contribution in [1.82, 2.24) is 0 Å². The van der Waals surface area contributed by atoms with Gasteiger partial charge in [0.15, 0.2) is 0 Å². The van der Waals surface area contributed by atoms with Crippen LogP contribution in [0.4, 0.5) is 0 Å². The fourth-order valence-electron chi connectivity index (χ4n) is 3.33. The molecule has 0 rings (SSSR count). The highest BCUT2D eigenvalue weighted by atomic mass is 17.2. The van der Waals surface area contributed by atoms with Crippen LogP contribution in [0.5, 0.6) is 0 Å². The van der Waals surface area contributed by atoms with Crippen molar-refractivity contribution in [3.63, 3.8) is 0 Å². The third kappa shape index (κ3) is 4.21. The largest absolute Gasteiger partial charge is 0.349 e. The Balaban J connectivity index is 5.25. The summed E-state index contributed by atoms with van der Waals surface area (Å²) >= 11 is 0. The number of hydrogen-bond donors (Lipinski definition) is 0. The SMILES string of the molecule is CCCCOOC(=O)C(CCC)(C(C)(C)C)C(C)(C)C. The molecule has 0 unspecified atom stereocenters. The van der Waals surface area contributed by atoms with Crippen molar-refractivity contribution in [3.8, 4) is 0 Å². The fourth-order valence-corrected chi connectivity index (χ4v) is 3.33. The van der Waals surface area contributed by atoms with E-state index in [1.54, 1.807) is 0 Å². The molecule has 0 bridgehead atoms. The molecule has 0 fully saturated rings. The summed E-state index contributed by atoms with van der Waals surface area (Å²) in [6.45, 7) is 17.3. The third-order valence-corrected chi connectivity index (χ3v) is 4.25. The Labute approximate surface area is 125 Å². The summed E-state index contributed by atoms with van der Waals surface area (Å²) in [7, 11) is 0.